The summed E-state index contributed by atoms with van der Waals surface area (Å²) >= 11 is 0. The molecule has 4 rings (SSSR count). The molecule has 2 heterocycles. The Hall–Kier alpha value is -3.21. The first kappa shape index (κ1) is 14.4. The highest BCUT2D eigenvalue weighted by Gasteiger charge is 2.16. The van der Waals surface area contributed by atoms with Crippen LogP contribution in [0.2, 0.25) is 0 Å². The maximum atomic E-state index is 6.08. The van der Waals surface area contributed by atoms with Crippen molar-refractivity contribution in [1.29, 1.82) is 0 Å². The van der Waals surface area contributed by atoms with Crippen molar-refractivity contribution in [3.63, 3.8) is 0 Å². The van der Waals surface area contributed by atoms with E-state index in [4.69, 9.17) is 15.2 Å². The predicted molar refractivity (Wildman–Crippen MR) is 96.6 cm³/mol. The Morgan fingerprint density at radius 1 is 0.958 bits per heavy atom. The Labute approximate surface area is 139 Å². The van der Waals surface area contributed by atoms with E-state index in [9.17, 15) is 0 Å². The smallest absolute Gasteiger partial charge is 0.128 e. The van der Waals surface area contributed by atoms with Crippen LogP contribution in [-0.4, -0.2) is 24.2 Å². The molecule has 0 saturated heterocycles. The second-order valence-electron chi connectivity index (χ2n) is 5.56. The fraction of sp³-hybridized carbons (Fsp3) is 0.105. The number of para-hydroxylation sites is 1. The topological polar surface area (TPSA) is 73.2 Å². The van der Waals surface area contributed by atoms with Gasteiger partial charge < -0.3 is 20.2 Å². The van der Waals surface area contributed by atoms with E-state index in [0.29, 0.717) is 11.6 Å². The fourth-order valence-electron chi connectivity index (χ4n) is 3.06. The van der Waals surface area contributed by atoms with Crippen LogP contribution >= 0.6 is 0 Å². The van der Waals surface area contributed by atoms with Crippen molar-refractivity contribution >= 4 is 27.6 Å². The van der Waals surface area contributed by atoms with Crippen LogP contribution in [-0.2, 0) is 0 Å². The number of fused-ring (bicyclic) bond motifs is 3. The van der Waals surface area contributed by atoms with Crippen molar-refractivity contribution in [2.45, 2.75) is 0 Å². The van der Waals surface area contributed by atoms with Crippen molar-refractivity contribution in [2.75, 3.05) is 20.0 Å². The van der Waals surface area contributed by atoms with E-state index < -0.39 is 0 Å². The fourth-order valence-corrected chi connectivity index (χ4v) is 3.06. The van der Waals surface area contributed by atoms with Crippen LogP contribution in [0.5, 0.6) is 11.5 Å². The molecule has 24 heavy (non-hydrogen) atoms. The number of nitrogens with one attached hydrogen (secondary N) is 1. The first-order chi connectivity index (χ1) is 11.7. The Bertz CT molecular complexity index is 1050. The number of benzene rings is 2. The summed E-state index contributed by atoms with van der Waals surface area (Å²) < 4.78 is 10.9. The molecule has 120 valence electrons. The quantitative estimate of drug-likeness (QED) is 0.599. The van der Waals surface area contributed by atoms with Gasteiger partial charge in [0.15, 0.2) is 0 Å². The Morgan fingerprint density at radius 2 is 1.79 bits per heavy atom. The van der Waals surface area contributed by atoms with Gasteiger partial charge in [-0.25, -0.2) is 4.98 Å². The lowest BCUT2D eigenvalue weighted by Crippen LogP contribution is -1.96. The lowest BCUT2D eigenvalue weighted by atomic mass is 10.1. The maximum Gasteiger partial charge on any atom is 0.128 e. The first-order valence-electron chi connectivity index (χ1n) is 7.60. The monoisotopic (exact) mass is 319 g/mol. The largest absolute Gasteiger partial charge is 0.497 e. The molecule has 5 heteroatoms. The van der Waals surface area contributed by atoms with Gasteiger partial charge in [-0.2, -0.15) is 0 Å². The van der Waals surface area contributed by atoms with Gasteiger partial charge in [0, 0.05) is 21.9 Å². The Morgan fingerprint density at radius 3 is 2.58 bits per heavy atom. The number of aromatic amines is 1. The molecule has 2 aromatic heterocycles. The highest BCUT2D eigenvalue weighted by Crippen LogP contribution is 2.38. The number of H-pyrrole nitrogens is 1. The molecule has 0 unspecified atom stereocenters. The minimum absolute atomic E-state index is 0.465. The van der Waals surface area contributed by atoms with Crippen molar-refractivity contribution < 1.29 is 9.47 Å². The Kier molecular flexibility index (Phi) is 3.27. The third kappa shape index (κ3) is 2.13. The molecule has 0 aliphatic carbocycles. The molecule has 0 spiro atoms. The van der Waals surface area contributed by atoms with Crippen molar-refractivity contribution in [3.05, 3.63) is 48.5 Å². The molecule has 2 aromatic carbocycles. The molecule has 0 bridgehead atoms. The molecule has 3 N–H and O–H groups in total. The molecule has 5 nitrogen and oxygen atoms in total. The molecule has 4 aromatic rings. The van der Waals surface area contributed by atoms with Crippen LogP contribution in [0.15, 0.2) is 48.5 Å². The highest BCUT2D eigenvalue weighted by molar-refractivity contribution is 6.12. The van der Waals surface area contributed by atoms with Gasteiger partial charge in [0.2, 0.25) is 0 Å². The molecule has 0 fully saturated rings. The van der Waals surface area contributed by atoms with Gasteiger partial charge in [-0.1, -0.05) is 18.2 Å². The van der Waals surface area contributed by atoms with Gasteiger partial charge >= 0.3 is 0 Å². The summed E-state index contributed by atoms with van der Waals surface area (Å²) in [5, 5.41) is 2.16. The van der Waals surface area contributed by atoms with E-state index in [-0.39, 0.29) is 0 Å². The normalized spacial score (nSPS) is 11.1. The van der Waals surface area contributed by atoms with Crippen LogP contribution in [0, 0.1) is 0 Å². The summed E-state index contributed by atoms with van der Waals surface area (Å²) in [4.78, 5) is 8.01. The minimum atomic E-state index is 0.465. The van der Waals surface area contributed by atoms with Crippen molar-refractivity contribution in [2.24, 2.45) is 0 Å². The molecular formula is C19H17N3O2. The second kappa shape index (κ2) is 5.45. The summed E-state index contributed by atoms with van der Waals surface area (Å²) in [5.74, 6) is 1.92. The summed E-state index contributed by atoms with van der Waals surface area (Å²) in [6.07, 6.45) is 0. The van der Waals surface area contributed by atoms with E-state index in [2.05, 4.69) is 16.0 Å². The lowest BCUT2D eigenvalue weighted by molar-refractivity contribution is 0.404. The molecule has 0 atom stereocenters. The molecule has 0 aliphatic heterocycles. The zero-order chi connectivity index (χ0) is 16.7. The number of nitrogens with two attached hydrogens (primary N) is 1. The summed E-state index contributed by atoms with van der Waals surface area (Å²) in [7, 11) is 3.27. The summed E-state index contributed by atoms with van der Waals surface area (Å²) in [5.41, 5.74) is 9.63. The summed E-state index contributed by atoms with van der Waals surface area (Å²) in [6.45, 7) is 0. The van der Waals surface area contributed by atoms with E-state index in [1.54, 1.807) is 14.2 Å². The third-order valence-corrected chi connectivity index (χ3v) is 4.18. The number of rotatable bonds is 3. The van der Waals surface area contributed by atoms with Gasteiger partial charge in [0.25, 0.3) is 0 Å². The minimum Gasteiger partial charge on any atom is -0.497 e. The number of ether oxygens (including phenoxy) is 2. The number of nitrogen functional groups attached to an aromatic ring is 1. The van der Waals surface area contributed by atoms with E-state index in [1.165, 1.54) is 0 Å². The highest BCUT2D eigenvalue weighted by atomic mass is 16.5. The average Bonchev–Trinajstić information content (AvgIpc) is 2.99. The van der Waals surface area contributed by atoms with Gasteiger partial charge in [-0.15, -0.1) is 0 Å². The number of pyridine rings is 1. The zero-order valence-corrected chi connectivity index (χ0v) is 13.5. The van der Waals surface area contributed by atoms with Crippen molar-refractivity contribution in [1.82, 2.24) is 9.97 Å². The standard InChI is InChI=1S/C19H17N3O2/c1-23-11-7-8-16(24-2)14(9-11)19-18-13(10-17(20)22-19)12-5-3-4-6-15(12)21-18/h3-10,21H,1-2H3,(H2,20,22). The van der Waals surface area contributed by atoms with Crippen LogP contribution in [0.4, 0.5) is 5.82 Å². The number of hydrogen-bond donors (Lipinski definition) is 2. The first-order valence-corrected chi connectivity index (χ1v) is 7.60. The molecule has 0 radical (unpaired) electrons. The molecule has 0 saturated carbocycles. The van der Waals surface area contributed by atoms with E-state index in [1.807, 2.05) is 42.5 Å². The number of nitrogens with zero attached hydrogens (tertiary/aromatic N) is 1. The van der Waals surface area contributed by atoms with Gasteiger partial charge in [-0.05, 0) is 30.3 Å². The van der Waals surface area contributed by atoms with Gasteiger partial charge in [-0.3, -0.25) is 0 Å². The SMILES string of the molecule is COc1ccc(OC)c(-c2nc(N)cc3c2[nH]c2ccccc23)c1. The number of hydrogen-bond acceptors (Lipinski definition) is 4. The van der Waals surface area contributed by atoms with Gasteiger partial charge in [0.05, 0.1) is 19.7 Å². The number of anilines is 1. The predicted octanol–water partition coefficient (Wildman–Crippen LogP) is 3.98. The van der Waals surface area contributed by atoms with Gasteiger partial charge in [0.1, 0.15) is 23.0 Å². The molecular weight excluding hydrogens is 302 g/mol. The van der Waals surface area contributed by atoms with E-state index >= 15 is 0 Å². The number of aromatic nitrogens is 2. The third-order valence-electron chi connectivity index (χ3n) is 4.18. The van der Waals surface area contributed by atoms with Crippen LogP contribution in [0.1, 0.15) is 0 Å². The average molecular weight is 319 g/mol. The lowest BCUT2D eigenvalue weighted by Gasteiger charge is -2.11. The maximum absolute atomic E-state index is 6.08. The Balaban J connectivity index is 2.10. The van der Waals surface area contributed by atoms with Crippen molar-refractivity contribution in [3.8, 4) is 22.8 Å². The summed E-state index contributed by atoms with van der Waals surface area (Å²) in [6, 6.07) is 15.6. The molecule has 0 amide bonds. The zero-order valence-electron chi connectivity index (χ0n) is 13.5. The number of methoxy groups -OCH3 is 2. The van der Waals surface area contributed by atoms with Crippen LogP contribution in [0.25, 0.3) is 33.1 Å². The molecule has 0 aliphatic rings. The van der Waals surface area contributed by atoms with Crippen LogP contribution in [0.3, 0.4) is 0 Å². The van der Waals surface area contributed by atoms with Crippen LogP contribution < -0.4 is 15.2 Å². The van der Waals surface area contributed by atoms with E-state index in [0.717, 1.165) is 38.8 Å². The second-order valence-corrected chi connectivity index (χ2v) is 5.56.